The van der Waals surface area contributed by atoms with Gasteiger partial charge in [0.15, 0.2) is 0 Å². The Bertz CT molecular complexity index is 1380. The highest BCUT2D eigenvalue weighted by molar-refractivity contribution is 7.20. The van der Waals surface area contributed by atoms with Crippen LogP contribution in [0.3, 0.4) is 0 Å². The zero-order valence-electron chi connectivity index (χ0n) is 18.7. The maximum atomic E-state index is 12.9. The van der Waals surface area contributed by atoms with Gasteiger partial charge in [0, 0.05) is 0 Å². The van der Waals surface area contributed by atoms with Crippen molar-refractivity contribution in [3.05, 3.63) is 73.8 Å². The molecule has 0 spiro atoms. The van der Waals surface area contributed by atoms with E-state index in [1.165, 1.54) is 0 Å². The molecule has 1 unspecified atom stereocenters. The van der Waals surface area contributed by atoms with Crippen molar-refractivity contribution in [1.82, 2.24) is 20.6 Å². The van der Waals surface area contributed by atoms with Gasteiger partial charge in [-0.3, -0.25) is 4.79 Å². The molecular weight excluding hydrogens is 460 g/mol. The first-order valence-corrected chi connectivity index (χ1v) is 11.3. The van der Waals surface area contributed by atoms with E-state index < -0.39 is 24.0 Å². The summed E-state index contributed by atoms with van der Waals surface area (Å²) >= 11 is 1.05. The quantitative estimate of drug-likeness (QED) is 0.459. The number of ether oxygens (including phenoxy) is 2. The van der Waals surface area contributed by atoms with Crippen molar-refractivity contribution in [2.45, 2.75) is 26.8 Å². The lowest BCUT2D eigenvalue weighted by molar-refractivity contribution is -0.139. The second kappa shape index (κ2) is 9.48. The fourth-order valence-electron chi connectivity index (χ4n) is 3.73. The molecule has 3 aromatic rings. The van der Waals surface area contributed by atoms with Gasteiger partial charge in [0.1, 0.15) is 22.1 Å². The van der Waals surface area contributed by atoms with Crippen LogP contribution in [0.25, 0.3) is 10.2 Å². The molecule has 3 heterocycles. The summed E-state index contributed by atoms with van der Waals surface area (Å²) in [4.78, 5) is 57.9. The molecule has 0 saturated heterocycles. The summed E-state index contributed by atoms with van der Waals surface area (Å²) in [7, 11) is 0. The van der Waals surface area contributed by atoms with Crippen LogP contribution in [0.2, 0.25) is 0 Å². The predicted molar refractivity (Wildman–Crippen MR) is 125 cm³/mol. The van der Waals surface area contributed by atoms with E-state index in [0.717, 1.165) is 11.3 Å². The minimum absolute atomic E-state index is 0.120. The number of fused-ring (bicyclic) bond motifs is 1. The first-order chi connectivity index (χ1) is 16.3. The number of aromatic nitrogens is 2. The normalized spacial score (nSPS) is 15.6. The minimum atomic E-state index is -0.778. The van der Waals surface area contributed by atoms with Crippen molar-refractivity contribution in [1.29, 1.82) is 0 Å². The summed E-state index contributed by atoms with van der Waals surface area (Å²) in [6, 6.07) is 7.61. The lowest BCUT2D eigenvalue weighted by Crippen LogP contribution is -2.47. The summed E-state index contributed by atoms with van der Waals surface area (Å²) in [5.41, 5.74) is 1.05. The molecule has 0 saturated carbocycles. The molecule has 1 atom stereocenters. The highest BCUT2D eigenvalue weighted by atomic mass is 32.1. The maximum Gasteiger partial charge on any atom is 0.349 e. The molecule has 176 valence electrons. The molecule has 34 heavy (non-hydrogen) atoms. The molecule has 10 nitrogen and oxygen atoms in total. The van der Waals surface area contributed by atoms with Gasteiger partial charge in [-0.15, -0.1) is 11.3 Å². The molecule has 0 aliphatic carbocycles. The van der Waals surface area contributed by atoms with Gasteiger partial charge in [-0.1, -0.05) is 30.3 Å². The van der Waals surface area contributed by atoms with Crippen molar-refractivity contribution in [2.24, 2.45) is 0 Å². The summed E-state index contributed by atoms with van der Waals surface area (Å²) in [6.45, 7) is 4.72. The third kappa shape index (κ3) is 4.42. The predicted octanol–water partition coefficient (Wildman–Crippen LogP) is 2.63. The van der Waals surface area contributed by atoms with E-state index in [-0.39, 0.29) is 34.9 Å². The van der Waals surface area contributed by atoms with Gasteiger partial charge in [0.05, 0.1) is 29.3 Å². The van der Waals surface area contributed by atoms with Gasteiger partial charge < -0.3 is 25.1 Å². The van der Waals surface area contributed by atoms with Crippen molar-refractivity contribution < 1.29 is 23.9 Å². The lowest BCUT2D eigenvalue weighted by atomic mass is 9.95. The third-order valence-corrected chi connectivity index (χ3v) is 6.40. The number of nitrogens with zero attached hydrogens (tertiary/aromatic N) is 1. The summed E-state index contributed by atoms with van der Waals surface area (Å²) in [5, 5.41) is 5.60. The van der Waals surface area contributed by atoms with Crippen LogP contribution in [-0.4, -0.2) is 41.2 Å². The first kappa shape index (κ1) is 23.2. The number of esters is 2. The number of urea groups is 1. The van der Waals surface area contributed by atoms with Gasteiger partial charge in [-0.2, -0.15) is 0 Å². The largest absolute Gasteiger partial charge is 0.463 e. The highest BCUT2D eigenvalue weighted by Crippen LogP contribution is 2.30. The van der Waals surface area contributed by atoms with Crippen LogP contribution >= 0.6 is 11.3 Å². The number of rotatable bonds is 6. The van der Waals surface area contributed by atoms with Crippen molar-refractivity contribution in [3.63, 3.8) is 0 Å². The molecule has 11 heteroatoms. The molecule has 0 radical (unpaired) electrons. The number of amides is 2. The second-order valence-corrected chi connectivity index (χ2v) is 8.52. The summed E-state index contributed by atoms with van der Waals surface area (Å²) in [6.07, 6.45) is 0. The highest BCUT2D eigenvalue weighted by Gasteiger charge is 2.34. The molecule has 1 aliphatic heterocycles. The van der Waals surface area contributed by atoms with Crippen LogP contribution in [0.15, 0.2) is 46.4 Å². The Labute approximate surface area is 198 Å². The molecule has 4 rings (SSSR count). The van der Waals surface area contributed by atoms with Crippen molar-refractivity contribution in [3.8, 4) is 0 Å². The molecule has 3 N–H and O–H groups in total. The number of H-pyrrole nitrogens is 1. The number of benzene rings is 1. The van der Waals surface area contributed by atoms with Crippen LogP contribution in [0, 0.1) is 13.8 Å². The second-order valence-electron chi connectivity index (χ2n) is 7.52. The standard InChI is InChI=1S/C23H22N4O6S/c1-4-32-21(29)16-14(26-23(31)27-17(16)13-8-6-5-7-9-13)10-33-22(30)18-11(2)15-19(28)24-12(3)25-20(15)34-18/h5-9,17H,4,10H2,1-3H3,(H,24,25,28)(H2,26,27,31). The van der Waals surface area contributed by atoms with E-state index in [4.69, 9.17) is 9.47 Å². The molecule has 1 aromatic carbocycles. The van der Waals surface area contributed by atoms with Crippen LogP contribution in [0.4, 0.5) is 4.79 Å². The number of hydrogen-bond acceptors (Lipinski definition) is 8. The van der Waals surface area contributed by atoms with Crippen LogP contribution in [0.5, 0.6) is 0 Å². The van der Waals surface area contributed by atoms with E-state index in [0.29, 0.717) is 27.2 Å². The fourth-order valence-corrected chi connectivity index (χ4v) is 4.85. The van der Waals surface area contributed by atoms with Gasteiger partial charge in [0.25, 0.3) is 5.56 Å². The zero-order valence-corrected chi connectivity index (χ0v) is 19.5. The van der Waals surface area contributed by atoms with Gasteiger partial charge in [0.2, 0.25) is 0 Å². The number of hydrogen-bond donors (Lipinski definition) is 3. The number of aromatic amines is 1. The molecule has 0 bridgehead atoms. The van der Waals surface area contributed by atoms with Crippen molar-refractivity contribution >= 4 is 39.5 Å². The SMILES string of the molecule is CCOC(=O)C1=C(COC(=O)c2sc3nc(C)[nH]c(=O)c3c2C)NC(=O)NC1c1ccccc1. The maximum absolute atomic E-state index is 12.9. The Morgan fingerprint density at radius 1 is 1.09 bits per heavy atom. The summed E-state index contributed by atoms with van der Waals surface area (Å²) < 4.78 is 10.7. The lowest BCUT2D eigenvalue weighted by Gasteiger charge is -2.29. The molecule has 2 amide bonds. The Balaban J connectivity index is 1.67. The van der Waals surface area contributed by atoms with Crippen LogP contribution in [0.1, 0.15) is 39.6 Å². The first-order valence-electron chi connectivity index (χ1n) is 10.5. The van der Waals surface area contributed by atoms with Crippen molar-refractivity contribution in [2.75, 3.05) is 13.2 Å². The minimum Gasteiger partial charge on any atom is -0.463 e. The number of carbonyl (C=O) groups is 3. The third-order valence-electron chi connectivity index (χ3n) is 5.23. The number of carbonyl (C=O) groups excluding carboxylic acids is 3. The van der Waals surface area contributed by atoms with Gasteiger partial charge in [-0.25, -0.2) is 19.4 Å². The van der Waals surface area contributed by atoms with E-state index >= 15 is 0 Å². The Morgan fingerprint density at radius 2 is 1.82 bits per heavy atom. The topological polar surface area (TPSA) is 139 Å². The molecule has 0 fully saturated rings. The smallest absolute Gasteiger partial charge is 0.349 e. The average molecular weight is 483 g/mol. The van der Waals surface area contributed by atoms with Crippen LogP contribution < -0.4 is 16.2 Å². The van der Waals surface area contributed by atoms with Crippen LogP contribution in [-0.2, 0) is 14.3 Å². The monoisotopic (exact) mass is 482 g/mol. The fraction of sp³-hybridized carbons (Fsp3) is 0.261. The molecule has 2 aromatic heterocycles. The Kier molecular flexibility index (Phi) is 6.46. The molecular formula is C23H22N4O6S. The van der Waals surface area contributed by atoms with E-state index in [1.807, 2.05) is 6.07 Å². The zero-order chi connectivity index (χ0) is 24.4. The van der Waals surface area contributed by atoms with Gasteiger partial charge >= 0.3 is 18.0 Å². The average Bonchev–Trinajstić information content (AvgIpc) is 3.14. The molecule has 1 aliphatic rings. The van der Waals surface area contributed by atoms with E-state index in [9.17, 15) is 19.2 Å². The number of aryl methyl sites for hydroxylation is 2. The Morgan fingerprint density at radius 3 is 2.53 bits per heavy atom. The Hall–Kier alpha value is -3.99. The van der Waals surface area contributed by atoms with E-state index in [2.05, 4.69) is 20.6 Å². The number of thiophene rings is 1. The number of nitrogens with one attached hydrogen (secondary N) is 3. The van der Waals surface area contributed by atoms with Gasteiger partial charge in [-0.05, 0) is 31.9 Å². The summed E-state index contributed by atoms with van der Waals surface area (Å²) in [5.74, 6) is -0.899. The van der Waals surface area contributed by atoms with E-state index in [1.54, 1.807) is 45.0 Å².